The van der Waals surface area contributed by atoms with Crippen LogP contribution >= 0.6 is 0 Å². The molecule has 0 amide bonds. The SMILES string of the molecule is CC1(C)Cc2c(c(C(F)(F)F)nn2-c2ccc3c(N)ncnc3c2)C(O)C1. The van der Waals surface area contributed by atoms with Gasteiger partial charge in [-0.2, -0.15) is 18.3 Å². The fourth-order valence-electron chi connectivity index (χ4n) is 3.76. The lowest BCUT2D eigenvalue weighted by atomic mass is 9.74. The number of nitrogen functional groups attached to an aromatic ring is 1. The Morgan fingerprint density at radius 3 is 2.70 bits per heavy atom. The number of aliphatic hydroxyl groups is 1. The Morgan fingerprint density at radius 2 is 2.00 bits per heavy atom. The maximum atomic E-state index is 13.6. The molecular formula is C18H18F3N5O. The predicted molar refractivity (Wildman–Crippen MR) is 93.1 cm³/mol. The van der Waals surface area contributed by atoms with E-state index < -0.39 is 18.0 Å². The molecule has 0 saturated carbocycles. The molecule has 27 heavy (non-hydrogen) atoms. The zero-order valence-corrected chi connectivity index (χ0v) is 14.7. The van der Waals surface area contributed by atoms with Gasteiger partial charge in [0.2, 0.25) is 0 Å². The van der Waals surface area contributed by atoms with Gasteiger partial charge in [-0.3, -0.25) is 0 Å². The number of alkyl halides is 3. The molecular weight excluding hydrogens is 359 g/mol. The second kappa shape index (κ2) is 5.66. The number of halogens is 3. The smallest absolute Gasteiger partial charge is 0.388 e. The Balaban J connectivity index is 1.96. The summed E-state index contributed by atoms with van der Waals surface area (Å²) in [5.41, 5.74) is 5.59. The van der Waals surface area contributed by atoms with Crippen molar-refractivity contribution in [3.8, 4) is 5.69 Å². The molecule has 0 aliphatic heterocycles. The van der Waals surface area contributed by atoms with Crippen molar-refractivity contribution in [1.82, 2.24) is 19.7 Å². The van der Waals surface area contributed by atoms with E-state index in [1.165, 1.54) is 11.0 Å². The minimum absolute atomic E-state index is 0.135. The zero-order valence-electron chi connectivity index (χ0n) is 14.7. The van der Waals surface area contributed by atoms with E-state index in [9.17, 15) is 18.3 Å². The number of nitrogens with zero attached hydrogens (tertiary/aromatic N) is 4. The van der Waals surface area contributed by atoms with Crippen molar-refractivity contribution in [2.75, 3.05) is 5.73 Å². The highest BCUT2D eigenvalue weighted by molar-refractivity contribution is 5.89. The molecule has 1 aliphatic rings. The van der Waals surface area contributed by atoms with E-state index in [1.807, 2.05) is 13.8 Å². The van der Waals surface area contributed by atoms with Crippen LogP contribution in [0.3, 0.4) is 0 Å². The van der Waals surface area contributed by atoms with E-state index >= 15 is 0 Å². The first-order chi connectivity index (χ1) is 12.6. The summed E-state index contributed by atoms with van der Waals surface area (Å²) in [4.78, 5) is 8.04. The standard InChI is InChI=1S/C18H18F3N5O/c1-17(2)6-12-14(13(27)7-17)15(18(19,20)21)25-26(12)9-3-4-10-11(5-9)23-8-24-16(10)22/h3-5,8,13,27H,6-7H2,1-2H3,(H2,22,23,24). The third-order valence-corrected chi connectivity index (χ3v) is 4.91. The van der Waals surface area contributed by atoms with E-state index in [2.05, 4.69) is 15.1 Å². The van der Waals surface area contributed by atoms with Gasteiger partial charge in [0.1, 0.15) is 12.1 Å². The van der Waals surface area contributed by atoms with Gasteiger partial charge in [-0.1, -0.05) is 13.8 Å². The molecule has 1 unspecified atom stereocenters. The normalized spacial score (nSPS) is 19.3. The Kier molecular flexibility index (Phi) is 3.71. The second-order valence-electron chi connectivity index (χ2n) is 7.64. The van der Waals surface area contributed by atoms with Crippen molar-refractivity contribution in [2.24, 2.45) is 5.41 Å². The molecule has 2 aromatic heterocycles. The molecule has 3 N–H and O–H groups in total. The fraction of sp³-hybridized carbons (Fsp3) is 0.389. The van der Waals surface area contributed by atoms with Gasteiger partial charge in [-0.15, -0.1) is 0 Å². The topological polar surface area (TPSA) is 89.9 Å². The van der Waals surface area contributed by atoms with E-state index in [0.717, 1.165) is 0 Å². The van der Waals surface area contributed by atoms with E-state index in [-0.39, 0.29) is 17.4 Å². The number of nitrogens with two attached hydrogens (primary N) is 1. The Morgan fingerprint density at radius 1 is 1.26 bits per heavy atom. The number of hydrogen-bond acceptors (Lipinski definition) is 5. The van der Waals surface area contributed by atoms with Gasteiger partial charge in [0, 0.05) is 10.9 Å². The summed E-state index contributed by atoms with van der Waals surface area (Å²) in [6.45, 7) is 3.83. The summed E-state index contributed by atoms with van der Waals surface area (Å²) in [6, 6.07) is 4.91. The van der Waals surface area contributed by atoms with Gasteiger partial charge in [-0.05, 0) is 36.5 Å². The average Bonchev–Trinajstić information content (AvgIpc) is 2.93. The van der Waals surface area contributed by atoms with E-state index in [4.69, 9.17) is 5.73 Å². The Bertz CT molecular complexity index is 1040. The van der Waals surface area contributed by atoms with Crippen LogP contribution in [0, 0.1) is 5.41 Å². The number of aliphatic hydroxyl groups excluding tert-OH is 1. The summed E-state index contributed by atoms with van der Waals surface area (Å²) >= 11 is 0. The molecule has 0 spiro atoms. The van der Waals surface area contributed by atoms with Gasteiger partial charge < -0.3 is 10.8 Å². The van der Waals surface area contributed by atoms with Crippen LogP contribution in [0.4, 0.5) is 19.0 Å². The van der Waals surface area contributed by atoms with Gasteiger partial charge >= 0.3 is 6.18 Å². The summed E-state index contributed by atoms with van der Waals surface area (Å²) in [5.74, 6) is 0.293. The largest absolute Gasteiger partial charge is 0.435 e. The molecule has 9 heteroatoms. The van der Waals surface area contributed by atoms with Gasteiger partial charge in [0.15, 0.2) is 5.69 Å². The van der Waals surface area contributed by atoms with Crippen LogP contribution in [-0.2, 0) is 12.6 Å². The van der Waals surface area contributed by atoms with Crippen LogP contribution in [0.5, 0.6) is 0 Å². The van der Waals surface area contributed by atoms with Crippen LogP contribution in [0.25, 0.3) is 16.6 Å². The molecule has 142 valence electrons. The van der Waals surface area contributed by atoms with Crippen molar-refractivity contribution in [3.05, 3.63) is 41.5 Å². The van der Waals surface area contributed by atoms with E-state index in [0.29, 0.717) is 34.5 Å². The predicted octanol–water partition coefficient (Wildman–Crippen LogP) is 3.42. The number of benzene rings is 1. The molecule has 0 radical (unpaired) electrons. The number of hydrogen-bond donors (Lipinski definition) is 2. The molecule has 3 aromatic rings. The highest BCUT2D eigenvalue weighted by Crippen LogP contribution is 2.46. The summed E-state index contributed by atoms with van der Waals surface area (Å²) in [7, 11) is 0. The van der Waals surface area contributed by atoms with Crippen LogP contribution in [0.1, 0.15) is 43.3 Å². The van der Waals surface area contributed by atoms with Crippen molar-refractivity contribution in [3.63, 3.8) is 0 Å². The van der Waals surface area contributed by atoms with E-state index in [1.54, 1.807) is 18.2 Å². The van der Waals surface area contributed by atoms with Gasteiger partial charge in [-0.25, -0.2) is 14.6 Å². The highest BCUT2D eigenvalue weighted by atomic mass is 19.4. The summed E-state index contributed by atoms with van der Waals surface area (Å²) in [5, 5.41) is 14.9. The molecule has 0 fully saturated rings. The molecule has 1 aromatic carbocycles. The number of aromatic nitrogens is 4. The lowest BCUT2D eigenvalue weighted by molar-refractivity contribution is -0.143. The van der Waals surface area contributed by atoms with Gasteiger partial charge in [0.25, 0.3) is 0 Å². The third kappa shape index (κ3) is 2.91. The van der Waals surface area contributed by atoms with Crippen molar-refractivity contribution >= 4 is 16.7 Å². The highest BCUT2D eigenvalue weighted by Gasteiger charge is 2.45. The Labute approximate surface area is 152 Å². The van der Waals surface area contributed by atoms with Crippen LogP contribution in [0.2, 0.25) is 0 Å². The number of anilines is 1. The Hall–Kier alpha value is -2.68. The molecule has 6 nitrogen and oxygen atoms in total. The van der Waals surface area contributed by atoms with Crippen LogP contribution in [-0.4, -0.2) is 24.9 Å². The minimum atomic E-state index is -4.65. The maximum Gasteiger partial charge on any atom is 0.435 e. The van der Waals surface area contributed by atoms with Crippen LogP contribution < -0.4 is 5.73 Å². The zero-order chi connectivity index (χ0) is 19.6. The molecule has 2 heterocycles. The van der Waals surface area contributed by atoms with Gasteiger partial charge in [0.05, 0.1) is 23.0 Å². The maximum absolute atomic E-state index is 13.6. The molecule has 0 saturated heterocycles. The summed E-state index contributed by atoms with van der Waals surface area (Å²) in [6.07, 6.45) is -3.95. The van der Waals surface area contributed by atoms with Crippen molar-refractivity contribution in [1.29, 1.82) is 0 Å². The second-order valence-corrected chi connectivity index (χ2v) is 7.64. The first-order valence-corrected chi connectivity index (χ1v) is 8.44. The average molecular weight is 377 g/mol. The van der Waals surface area contributed by atoms with Crippen LogP contribution in [0.15, 0.2) is 24.5 Å². The first kappa shape index (κ1) is 17.7. The number of rotatable bonds is 1. The first-order valence-electron chi connectivity index (χ1n) is 8.44. The third-order valence-electron chi connectivity index (χ3n) is 4.91. The molecule has 0 bridgehead atoms. The quantitative estimate of drug-likeness (QED) is 0.678. The number of fused-ring (bicyclic) bond motifs is 2. The molecule has 1 aliphatic carbocycles. The lowest BCUT2D eigenvalue weighted by Crippen LogP contribution is -2.27. The minimum Gasteiger partial charge on any atom is -0.388 e. The lowest BCUT2D eigenvalue weighted by Gasteiger charge is -2.33. The molecule has 4 rings (SSSR count). The fourth-order valence-corrected chi connectivity index (χ4v) is 3.76. The van der Waals surface area contributed by atoms with Crippen molar-refractivity contribution in [2.45, 2.75) is 39.0 Å². The molecule has 1 atom stereocenters. The monoisotopic (exact) mass is 377 g/mol. The summed E-state index contributed by atoms with van der Waals surface area (Å²) < 4.78 is 41.9. The van der Waals surface area contributed by atoms with Crippen molar-refractivity contribution < 1.29 is 18.3 Å².